The molecule has 2 atom stereocenters. The third-order valence-electron chi connectivity index (χ3n) is 5.91. The molecule has 164 valence electrons. The van der Waals surface area contributed by atoms with Crippen molar-refractivity contribution >= 4 is 11.8 Å². The Balaban J connectivity index is 1.57. The molecule has 2 heterocycles. The van der Waals surface area contributed by atoms with Crippen molar-refractivity contribution in [3.63, 3.8) is 0 Å². The lowest BCUT2D eigenvalue weighted by atomic mass is 9.88. The van der Waals surface area contributed by atoms with Crippen LogP contribution in [-0.4, -0.2) is 50.3 Å². The Kier molecular flexibility index (Phi) is 6.30. The summed E-state index contributed by atoms with van der Waals surface area (Å²) in [6, 6.07) is 12.9. The van der Waals surface area contributed by atoms with E-state index in [1.54, 1.807) is 30.2 Å². The zero-order valence-corrected chi connectivity index (χ0v) is 17.9. The van der Waals surface area contributed by atoms with E-state index in [-0.39, 0.29) is 30.4 Å². The van der Waals surface area contributed by atoms with Crippen molar-refractivity contribution in [2.45, 2.75) is 25.7 Å². The van der Waals surface area contributed by atoms with Crippen LogP contribution in [0.25, 0.3) is 0 Å². The van der Waals surface area contributed by atoms with Crippen LogP contribution in [0.1, 0.15) is 41.6 Å². The number of unbranched alkanes of at least 4 members (excludes halogenated alkanes) is 1. The summed E-state index contributed by atoms with van der Waals surface area (Å²) < 4.78 is 16.1. The van der Waals surface area contributed by atoms with Crippen LogP contribution in [-0.2, 0) is 4.79 Å². The second kappa shape index (κ2) is 9.29. The van der Waals surface area contributed by atoms with Gasteiger partial charge in [0.15, 0.2) is 11.5 Å². The second-order valence-corrected chi connectivity index (χ2v) is 7.91. The molecule has 2 amide bonds. The number of benzene rings is 2. The predicted molar refractivity (Wildman–Crippen MR) is 116 cm³/mol. The highest BCUT2D eigenvalue weighted by Crippen LogP contribution is 2.37. The van der Waals surface area contributed by atoms with Gasteiger partial charge in [-0.1, -0.05) is 25.5 Å². The number of likely N-dealkylation sites (tertiary alicyclic amines) is 1. The topological polar surface area (TPSA) is 77.1 Å². The smallest absolute Gasteiger partial charge is 0.254 e. The molecule has 0 radical (unpaired) electrons. The van der Waals surface area contributed by atoms with Crippen molar-refractivity contribution < 1.29 is 23.8 Å². The lowest BCUT2D eigenvalue weighted by molar-refractivity contribution is -0.124. The van der Waals surface area contributed by atoms with Gasteiger partial charge in [-0.05, 0) is 42.3 Å². The Labute approximate surface area is 182 Å². The molecule has 7 nitrogen and oxygen atoms in total. The number of hydrogen-bond acceptors (Lipinski definition) is 5. The lowest BCUT2D eigenvalue weighted by Crippen LogP contribution is -2.36. The molecule has 0 saturated carbocycles. The average molecular weight is 424 g/mol. The Morgan fingerprint density at radius 2 is 1.97 bits per heavy atom. The molecular weight excluding hydrogens is 396 g/mol. The van der Waals surface area contributed by atoms with Crippen molar-refractivity contribution in [2.75, 3.05) is 33.5 Å². The normalized spacial score (nSPS) is 19.4. The summed E-state index contributed by atoms with van der Waals surface area (Å²) in [5, 5.41) is 3.04. The predicted octanol–water partition coefficient (Wildman–Crippen LogP) is 3.20. The van der Waals surface area contributed by atoms with E-state index in [0.717, 1.165) is 24.2 Å². The standard InChI is InChI=1S/C24H28N2O5/c1-3-4-10-25-23(27)20-14-26(13-19(20)16-6-5-7-18(11-16)29-2)24(28)17-8-9-21-22(12-17)31-15-30-21/h5-9,11-12,19-20H,3-4,10,13-15H2,1-2H3,(H,25,27). The van der Waals surface area contributed by atoms with E-state index in [9.17, 15) is 9.59 Å². The summed E-state index contributed by atoms with van der Waals surface area (Å²) in [5.74, 6) is 1.40. The third kappa shape index (κ3) is 4.45. The highest BCUT2D eigenvalue weighted by molar-refractivity contribution is 5.96. The minimum Gasteiger partial charge on any atom is -0.497 e. The van der Waals surface area contributed by atoms with Gasteiger partial charge >= 0.3 is 0 Å². The van der Waals surface area contributed by atoms with Crippen LogP contribution in [0.2, 0.25) is 0 Å². The van der Waals surface area contributed by atoms with Gasteiger partial charge in [-0.25, -0.2) is 0 Å². The number of methoxy groups -OCH3 is 1. The Bertz CT molecular complexity index is 961. The number of hydrogen-bond donors (Lipinski definition) is 1. The summed E-state index contributed by atoms with van der Waals surface area (Å²) >= 11 is 0. The van der Waals surface area contributed by atoms with Crippen LogP contribution in [0.3, 0.4) is 0 Å². The van der Waals surface area contributed by atoms with Gasteiger partial charge in [0.1, 0.15) is 5.75 Å². The molecule has 0 aromatic heterocycles. The summed E-state index contributed by atoms with van der Waals surface area (Å²) in [6.45, 7) is 3.73. The maximum atomic E-state index is 13.2. The van der Waals surface area contributed by atoms with Crippen molar-refractivity contribution in [1.29, 1.82) is 0 Å². The maximum Gasteiger partial charge on any atom is 0.254 e. The maximum absolute atomic E-state index is 13.2. The highest BCUT2D eigenvalue weighted by Gasteiger charge is 2.40. The van der Waals surface area contributed by atoms with Crippen LogP contribution in [0, 0.1) is 5.92 Å². The molecule has 0 aliphatic carbocycles. The van der Waals surface area contributed by atoms with Crippen molar-refractivity contribution in [3.05, 3.63) is 53.6 Å². The van der Waals surface area contributed by atoms with Gasteiger partial charge in [0.05, 0.1) is 13.0 Å². The monoisotopic (exact) mass is 424 g/mol. The van der Waals surface area contributed by atoms with Gasteiger partial charge in [0.25, 0.3) is 5.91 Å². The number of amides is 2. The zero-order valence-electron chi connectivity index (χ0n) is 17.9. The summed E-state index contributed by atoms with van der Waals surface area (Å²) in [7, 11) is 1.62. The molecule has 1 saturated heterocycles. The first-order valence-corrected chi connectivity index (χ1v) is 10.7. The first kappa shape index (κ1) is 21.0. The minimum atomic E-state index is -0.318. The van der Waals surface area contributed by atoms with Gasteiger partial charge in [-0.15, -0.1) is 0 Å². The number of ether oxygens (including phenoxy) is 3. The first-order chi connectivity index (χ1) is 15.1. The number of rotatable bonds is 7. The summed E-state index contributed by atoms with van der Waals surface area (Å²) in [4.78, 5) is 28.0. The van der Waals surface area contributed by atoms with Gasteiger partial charge in [0.2, 0.25) is 12.7 Å². The van der Waals surface area contributed by atoms with E-state index in [2.05, 4.69) is 12.2 Å². The number of carbonyl (C=O) groups is 2. The van der Waals surface area contributed by atoms with E-state index < -0.39 is 0 Å². The Morgan fingerprint density at radius 3 is 2.77 bits per heavy atom. The van der Waals surface area contributed by atoms with E-state index in [1.165, 1.54) is 0 Å². The van der Waals surface area contributed by atoms with Crippen molar-refractivity contribution in [1.82, 2.24) is 10.2 Å². The third-order valence-corrected chi connectivity index (χ3v) is 5.91. The summed E-state index contributed by atoms with van der Waals surface area (Å²) in [6.07, 6.45) is 1.95. The fourth-order valence-electron chi connectivity index (χ4n) is 4.18. The van der Waals surface area contributed by atoms with E-state index in [0.29, 0.717) is 36.7 Å². The first-order valence-electron chi connectivity index (χ1n) is 10.7. The van der Waals surface area contributed by atoms with Crippen molar-refractivity contribution in [2.24, 2.45) is 5.92 Å². The molecular formula is C24H28N2O5. The second-order valence-electron chi connectivity index (χ2n) is 7.91. The molecule has 0 bridgehead atoms. The van der Waals surface area contributed by atoms with E-state index in [4.69, 9.17) is 14.2 Å². The molecule has 2 unspecified atom stereocenters. The molecule has 31 heavy (non-hydrogen) atoms. The minimum absolute atomic E-state index is 0.0118. The number of nitrogens with zero attached hydrogens (tertiary/aromatic N) is 1. The fourth-order valence-corrected chi connectivity index (χ4v) is 4.18. The van der Waals surface area contributed by atoms with Gasteiger partial charge in [-0.2, -0.15) is 0 Å². The van der Waals surface area contributed by atoms with Crippen LogP contribution < -0.4 is 19.5 Å². The molecule has 1 fully saturated rings. The van der Waals surface area contributed by atoms with Gasteiger partial charge < -0.3 is 24.4 Å². The Morgan fingerprint density at radius 1 is 1.13 bits per heavy atom. The molecule has 4 rings (SSSR count). The molecule has 2 aliphatic heterocycles. The number of carbonyl (C=O) groups excluding carboxylic acids is 2. The quantitative estimate of drug-likeness (QED) is 0.691. The van der Waals surface area contributed by atoms with Gasteiger partial charge in [0, 0.05) is 31.1 Å². The highest BCUT2D eigenvalue weighted by atomic mass is 16.7. The number of fused-ring (bicyclic) bond motifs is 1. The van der Waals surface area contributed by atoms with Crippen LogP contribution >= 0.6 is 0 Å². The van der Waals surface area contributed by atoms with Gasteiger partial charge in [-0.3, -0.25) is 9.59 Å². The fraction of sp³-hybridized carbons (Fsp3) is 0.417. The van der Waals surface area contributed by atoms with E-state index in [1.807, 2.05) is 24.3 Å². The Hall–Kier alpha value is -3.22. The average Bonchev–Trinajstić information content (AvgIpc) is 3.45. The molecule has 7 heteroatoms. The largest absolute Gasteiger partial charge is 0.497 e. The molecule has 2 aliphatic rings. The van der Waals surface area contributed by atoms with Crippen LogP contribution in [0.15, 0.2) is 42.5 Å². The number of nitrogens with one attached hydrogen (secondary N) is 1. The van der Waals surface area contributed by atoms with Crippen molar-refractivity contribution in [3.8, 4) is 17.2 Å². The SMILES string of the molecule is CCCCNC(=O)C1CN(C(=O)c2ccc3c(c2)OCO3)CC1c1cccc(OC)c1. The molecule has 1 N–H and O–H groups in total. The molecule has 2 aromatic rings. The molecule has 2 aromatic carbocycles. The zero-order chi connectivity index (χ0) is 21.8. The van der Waals surface area contributed by atoms with Crippen LogP contribution in [0.5, 0.6) is 17.2 Å². The van der Waals surface area contributed by atoms with E-state index >= 15 is 0 Å². The molecule has 0 spiro atoms. The van der Waals surface area contributed by atoms with Crippen LogP contribution in [0.4, 0.5) is 0 Å². The summed E-state index contributed by atoms with van der Waals surface area (Å²) in [5.41, 5.74) is 1.52. The lowest BCUT2D eigenvalue weighted by Gasteiger charge is -2.18.